The molecular weight excluding hydrogens is 320 g/mol. The van der Waals surface area contributed by atoms with Crippen LogP contribution in [0.1, 0.15) is 45.4 Å². The van der Waals surface area contributed by atoms with Crippen molar-refractivity contribution in [3.8, 4) is 0 Å². The zero-order valence-electron chi connectivity index (χ0n) is 14.1. The Morgan fingerprint density at radius 1 is 1.38 bits per heavy atom. The Kier molecular flexibility index (Phi) is 5.34. The first-order valence-electron chi connectivity index (χ1n) is 8.67. The first-order chi connectivity index (χ1) is 11.6. The quantitative estimate of drug-likeness (QED) is 0.775. The van der Waals surface area contributed by atoms with E-state index in [0.29, 0.717) is 6.42 Å². The van der Waals surface area contributed by atoms with Gasteiger partial charge in [-0.05, 0) is 55.7 Å². The van der Waals surface area contributed by atoms with Crippen molar-refractivity contribution in [3.05, 3.63) is 53.0 Å². The van der Waals surface area contributed by atoms with Crippen molar-refractivity contribution in [3.63, 3.8) is 0 Å². The summed E-state index contributed by atoms with van der Waals surface area (Å²) < 4.78 is 26.9. The molecule has 1 atom stereocenters. The van der Waals surface area contributed by atoms with E-state index in [1.54, 1.807) is 6.20 Å². The van der Waals surface area contributed by atoms with Crippen molar-refractivity contribution in [1.29, 1.82) is 0 Å². The third-order valence-electron chi connectivity index (χ3n) is 4.54. The lowest BCUT2D eigenvalue weighted by atomic mass is 9.96. The van der Waals surface area contributed by atoms with Gasteiger partial charge in [-0.25, -0.2) is 18.1 Å². The van der Waals surface area contributed by atoms with Crippen molar-refractivity contribution < 1.29 is 8.42 Å². The van der Waals surface area contributed by atoms with Crippen LogP contribution < -0.4 is 4.72 Å². The predicted octanol–water partition coefficient (Wildman–Crippen LogP) is 3.56. The first-order valence-corrected chi connectivity index (χ1v) is 10.3. The highest BCUT2D eigenvalue weighted by atomic mass is 32.2. The Labute approximate surface area is 144 Å². The molecule has 0 aromatic carbocycles. The van der Waals surface area contributed by atoms with Crippen LogP contribution in [0, 0.1) is 0 Å². The molecule has 0 aromatic heterocycles. The van der Waals surface area contributed by atoms with Gasteiger partial charge >= 0.3 is 0 Å². The molecule has 4 nitrogen and oxygen atoms in total. The largest absolute Gasteiger partial charge is 0.248 e. The molecule has 0 saturated carbocycles. The van der Waals surface area contributed by atoms with Gasteiger partial charge in [-0.3, -0.25) is 0 Å². The summed E-state index contributed by atoms with van der Waals surface area (Å²) in [6.45, 7) is 1.89. The van der Waals surface area contributed by atoms with Gasteiger partial charge in [-0.1, -0.05) is 25.2 Å². The number of hydrogen-bond acceptors (Lipinski definition) is 3. The second-order valence-corrected chi connectivity index (χ2v) is 8.32. The summed E-state index contributed by atoms with van der Waals surface area (Å²) in [5.41, 5.74) is 7.79. The lowest BCUT2D eigenvalue weighted by Gasteiger charge is -2.16. The molecule has 0 radical (unpaired) electrons. The summed E-state index contributed by atoms with van der Waals surface area (Å²) in [6, 6.07) is 0.0166. The van der Waals surface area contributed by atoms with Crippen molar-refractivity contribution in [2.24, 2.45) is 4.99 Å². The molecule has 0 saturated heterocycles. The Balaban J connectivity index is 1.71. The van der Waals surface area contributed by atoms with Crippen molar-refractivity contribution in [2.75, 3.05) is 5.75 Å². The van der Waals surface area contributed by atoms with Crippen LogP contribution in [0.4, 0.5) is 0 Å². The number of aliphatic imine (C=N–C) groups is 1. The number of nitrogens with one attached hydrogen (secondary N) is 1. The molecule has 0 amide bonds. The fraction of sp³-hybridized carbons (Fsp3) is 0.474. The molecule has 2 aliphatic carbocycles. The molecule has 5 heteroatoms. The minimum absolute atomic E-state index is 0.0166. The standard InChI is InChI=1S/C19H24N2O2S/c1-2-14-24(22,23)21-17-9-3-7-16(11-12-17)19-18-10-4-6-15(18)8-5-13-20-19/h4,7-8,10,13,17,21H,2-3,6,9,11-12,14H2,1H3. The van der Waals surface area contributed by atoms with Crippen LogP contribution in [0.3, 0.4) is 0 Å². The van der Waals surface area contributed by atoms with E-state index < -0.39 is 10.0 Å². The average molecular weight is 344 g/mol. The molecule has 1 unspecified atom stereocenters. The van der Waals surface area contributed by atoms with Crippen molar-refractivity contribution >= 4 is 15.7 Å². The molecule has 1 heterocycles. The first kappa shape index (κ1) is 17.2. The molecule has 0 bridgehead atoms. The average Bonchev–Trinajstić information content (AvgIpc) is 2.74. The van der Waals surface area contributed by atoms with Gasteiger partial charge in [0.1, 0.15) is 0 Å². The molecule has 24 heavy (non-hydrogen) atoms. The highest BCUT2D eigenvalue weighted by Crippen LogP contribution is 2.29. The Hall–Kier alpha value is -1.68. The van der Waals surface area contributed by atoms with Crippen LogP contribution >= 0.6 is 0 Å². The van der Waals surface area contributed by atoms with Crippen molar-refractivity contribution in [1.82, 2.24) is 4.72 Å². The van der Waals surface area contributed by atoms with Crippen molar-refractivity contribution in [2.45, 2.75) is 51.5 Å². The van der Waals surface area contributed by atoms with Gasteiger partial charge in [0.05, 0.1) is 17.7 Å². The van der Waals surface area contributed by atoms with Crippen LogP contribution in [-0.2, 0) is 10.0 Å². The third kappa shape index (κ3) is 4.04. The summed E-state index contributed by atoms with van der Waals surface area (Å²) in [4.78, 5) is 4.59. The Bertz CT molecular complexity index is 791. The normalized spacial score (nSPS) is 23.6. The van der Waals surface area contributed by atoms with Crippen LogP contribution in [0.25, 0.3) is 0 Å². The summed E-state index contributed by atoms with van der Waals surface area (Å²) in [7, 11) is -3.15. The second kappa shape index (κ2) is 7.47. The molecule has 0 fully saturated rings. The number of nitrogens with zero attached hydrogens (tertiary/aromatic N) is 1. The van der Waals surface area contributed by atoms with Crippen LogP contribution in [0.2, 0.25) is 0 Å². The maximum Gasteiger partial charge on any atom is 0.211 e. The Morgan fingerprint density at radius 2 is 2.25 bits per heavy atom. The molecule has 3 rings (SSSR count). The second-order valence-electron chi connectivity index (χ2n) is 6.44. The monoisotopic (exact) mass is 344 g/mol. The molecule has 3 aliphatic rings. The van der Waals surface area contributed by atoms with E-state index in [1.165, 1.54) is 16.7 Å². The van der Waals surface area contributed by atoms with E-state index in [2.05, 4.69) is 33.7 Å². The van der Waals surface area contributed by atoms with Gasteiger partial charge in [-0.15, -0.1) is 5.73 Å². The van der Waals surface area contributed by atoms with Gasteiger partial charge in [0, 0.05) is 11.6 Å². The molecule has 0 spiro atoms. The zero-order valence-corrected chi connectivity index (χ0v) is 14.9. The number of hydrogen-bond donors (Lipinski definition) is 1. The summed E-state index contributed by atoms with van der Waals surface area (Å²) in [6.07, 6.45) is 15.2. The molecule has 128 valence electrons. The van der Waals surface area contributed by atoms with Crippen LogP contribution in [-0.4, -0.2) is 25.9 Å². The van der Waals surface area contributed by atoms with Gasteiger partial charge in [0.15, 0.2) is 0 Å². The van der Waals surface area contributed by atoms with E-state index in [-0.39, 0.29) is 11.8 Å². The van der Waals surface area contributed by atoms with Crippen LogP contribution in [0.15, 0.2) is 57.9 Å². The smallest absolute Gasteiger partial charge is 0.211 e. The molecule has 1 N–H and O–H groups in total. The number of sulfonamides is 1. The lowest BCUT2D eigenvalue weighted by Crippen LogP contribution is -2.36. The fourth-order valence-corrected chi connectivity index (χ4v) is 4.80. The van der Waals surface area contributed by atoms with E-state index in [1.807, 2.05) is 13.0 Å². The number of allylic oxidation sites excluding steroid dienone is 7. The Morgan fingerprint density at radius 3 is 3.08 bits per heavy atom. The lowest BCUT2D eigenvalue weighted by molar-refractivity contribution is 0.513. The molecule has 1 aliphatic heterocycles. The predicted molar refractivity (Wildman–Crippen MR) is 98.4 cm³/mol. The van der Waals surface area contributed by atoms with Gasteiger partial charge < -0.3 is 0 Å². The highest BCUT2D eigenvalue weighted by Gasteiger charge is 2.23. The zero-order chi connectivity index (χ0) is 17.0. The maximum absolute atomic E-state index is 12.0. The maximum atomic E-state index is 12.0. The minimum atomic E-state index is -3.15. The van der Waals surface area contributed by atoms with Gasteiger partial charge in [-0.2, -0.15) is 0 Å². The molecular formula is C19H24N2O2S. The topological polar surface area (TPSA) is 58.5 Å². The van der Waals surface area contributed by atoms with E-state index in [9.17, 15) is 8.42 Å². The van der Waals surface area contributed by atoms with Crippen LogP contribution in [0.5, 0.6) is 0 Å². The third-order valence-corrected chi connectivity index (χ3v) is 6.18. The van der Waals surface area contributed by atoms with Gasteiger partial charge in [0.25, 0.3) is 0 Å². The molecule has 0 aromatic rings. The SMILES string of the molecule is CCCS(=O)(=O)NC1CCC=C(C2=NC=C=CC3=C2C=CC3)CC1. The van der Waals surface area contributed by atoms with Gasteiger partial charge in [0.2, 0.25) is 10.0 Å². The van der Waals surface area contributed by atoms with E-state index in [0.717, 1.165) is 37.8 Å². The number of rotatable bonds is 5. The fourth-order valence-electron chi connectivity index (χ4n) is 3.40. The minimum Gasteiger partial charge on any atom is -0.248 e. The summed E-state index contributed by atoms with van der Waals surface area (Å²) in [5.74, 6) is 0.202. The summed E-state index contributed by atoms with van der Waals surface area (Å²) >= 11 is 0. The summed E-state index contributed by atoms with van der Waals surface area (Å²) in [5, 5.41) is 0. The van der Waals surface area contributed by atoms with E-state index >= 15 is 0 Å². The highest BCUT2D eigenvalue weighted by molar-refractivity contribution is 7.89. The van der Waals surface area contributed by atoms with E-state index in [4.69, 9.17) is 0 Å².